The van der Waals surface area contributed by atoms with Gasteiger partial charge in [-0.3, -0.25) is 4.99 Å². The van der Waals surface area contributed by atoms with Crippen LogP contribution in [0.15, 0.2) is 29.3 Å². The van der Waals surface area contributed by atoms with Crippen LogP contribution in [0.4, 0.5) is 10.5 Å². The van der Waals surface area contributed by atoms with Crippen LogP contribution in [0, 0.1) is 0 Å². The first-order valence-electron chi connectivity index (χ1n) is 9.35. The Labute approximate surface area is 157 Å². The van der Waals surface area contributed by atoms with Crippen LogP contribution in [-0.4, -0.2) is 30.7 Å². The van der Waals surface area contributed by atoms with E-state index in [1.54, 1.807) is 0 Å². The van der Waals surface area contributed by atoms with Crippen molar-refractivity contribution in [3.05, 3.63) is 29.8 Å². The largest absolute Gasteiger partial charge is 0.444 e. The van der Waals surface area contributed by atoms with Gasteiger partial charge in [0.2, 0.25) is 0 Å². The van der Waals surface area contributed by atoms with Gasteiger partial charge in [-0.05, 0) is 63.6 Å². The van der Waals surface area contributed by atoms with Crippen molar-refractivity contribution in [1.29, 1.82) is 0 Å². The molecule has 0 aliphatic heterocycles. The molecule has 6 nitrogen and oxygen atoms in total. The Balaban J connectivity index is 2.25. The first-order chi connectivity index (χ1) is 12.2. The molecular weight excluding hydrogens is 328 g/mol. The van der Waals surface area contributed by atoms with E-state index in [0.29, 0.717) is 25.0 Å². The van der Waals surface area contributed by atoms with Crippen LogP contribution in [0.5, 0.6) is 0 Å². The number of nitrogens with one attached hydrogen (secondary N) is 2. The number of unbranched alkanes of at least 4 members (excludes halogenated alkanes) is 1. The highest BCUT2D eigenvalue weighted by molar-refractivity contribution is 5.92. The zero-order valence-corrected chi connectivity index (χ0v) is 16.8. The summed E-state index contributed by atoms with van der Waals surface area (Å²) in [5.41, 5.74) is 7.70. The minimum atomic E-state index is -0.471. The molecule has 1 aromatic rings. The van der Waals surface area contributed by atoms with Gasteiger partial charge in [-0.2, -0.15) is 0 Å². The minimum absolute atomic E-state index is 0.386. The molecular formula is C20H34N4O2. The number of amides is 1. The van der Waals surface area contributed by atoms with Gasteiger partial charge in [-0.1, -0.05) is 26.0 Å². The average molecular weight is 363 g/mol. The van der Waals surface area contributed by atoms with Crippen molar-refractivity contribution in [2.24, 2.45) is 10.7 Å². The van der Waals surface area contributed by atoms with Gasteiger partial charge < -0.3 is 21.1 Å². The van der Waals surface area contributed by atoms with E-state index >= 15 is 0 Å². The molecule has 146 valence electrons. The Morgan fingerprint density at radius 1 is 1.23 bits per heavy atom. The summed E-state index contributed by atoms with van der Waals surface area (Å²) in [4.78, 5) is 15.8. The normalized spacial score (nSPS) is 13.2. The Kier molecular flexibility index (Phi) is 8.96. The molecule has 0 radical (unpaired) electrons. The van der Waals surface area contributed by atoms with Crippen LogP contribution in [0.2, 0.25) is 0 Å². The molecule has 0 fully saturated rings. The zero-order chi connectivity index (χ0) is 19.6. The van der Waals surface area contributed by atoms with Gasteiger partial charge in [-0.15, -0.1) is 0 Å². The first-order valence-corrected chi connectivity index (χ1v) is 9.35. The molecule has 0 heterocycles. The molecule has 1 rings (SSSR count). The van der Waals surface area contributed by atoms with Crippen LogP contribution in [0.3, 0.4) is 0 Å². The highest BCUT2D eigenvalue weighted by Crippen LogP contribution is 2.20. The Morgan fingerprint density at radius 2 is 1.88 bits per heavy atom. The number of nitrogens with zero attached hydrogens (tertiary/aromatic N) is 1. The van der Waals surface area contributed by atoms with Gasteiger partial charge in [0.05, 0.1) is 0 Å². The number of alkyl carbamates (subject to hydrolysis) is 1. The van der Waals surface area contributed by atoms with Gasteiger partial charge in [-0.25, -0.2) is 4.79 Å². The topological polar surface area (TPSA) is 88.7 Å². The maximum Gasteiger partial charge on any atom is 0.407 e. The van der Waals surface area contributed by atoms with Crippen molar-refractivity contribution in [2.45, 2.75) is 65.4 Å². The lowest BCUT2D eigenvalue weighted by Crippen LogP contribution is -2.33. The second kappa shape index (κ2) is 10.7. The summed E-state index contributed by atoms with van der Waals surface area (Å²) in [6, 6.07) is 8.28. The van der Waals surface area contributed by atoms with Crippen LogP contribution >= 0.6 is 0 Å². The lowest BCUT2D eigenvalue weighted by molar-refractivity contribution is 0.0527. The van der Waals surface area contributed by atoms with Crippen molar-refractivity contribution in [3.8, 4) is 0 Å². The number of rotatable bonds is 8. The highest BCUT2D eigenvalue weighted by Gasteiger charge is 2.15. The van der Waals surface area contributed by atoms with Crippen molar-refractivity contribution >= 4 is 17.7 Å². The number of ether oxygens (including phenoxy) is 1. The van der Waals surface area contributed by atoms with E-state index in [2.05, 4.69) is 41.6 Å². The molecule has 26 heavy (non-hydrogen) atoms. The fourth-order valence-corrected chi connectivity index (χ4v) is 2.26. The van der Waals surface area contributed by atoms with E-state index in [9.17, 15) is 4.79 Å². The first kappa shape index (κ1) is 21.8. The summed E-state index contributed by atoms with van der Waals surface area (Å²) >= 11 is 0. The quantitative estimate of drug-likeness (QED) is 0.367. The van der Waals surface area contributed by atoms with Gasteiger partial charge in [0.25, 0.3) is 0 Å². The number of guanidine groups is 1. The lowest BCUT2D eigenvalue weighted by atomic mass is 9.99. The molecule has 0 aliphatic carbocycles. The fourth-order valence-electron chi connectivity index (χ4n) is 2.26. The van der Waals surface area contributed by atoms with Crippen LogP contribution in [0.1, 0.15) is 65.4 Å². The molecule has 4 N–H and O–H groups in total. The SMILES string of the molecule is CCC(C)c1ccc(NC(N)=NCCCCNC(=O)OC(C)(C)C)cc1. The lowest BCUT2D eigenvalue weighted by Gasteiger charge is -2.19. The van der Waals surface area contributed by atoms with Gasteiger partial charge in [0.15, 0.2) is 5.96 Å². The van der Waals surface area contributed by atoms with Crippen molar-refractivity contribution in [1.82, 2.24) is 5.32 Å². The number of benzene rings is 1. The monoisotopic (exact) mass is 362 g/mol. The number of aliphatic imine (C=N–C) groups is 1. The summed E-state index contributed by atoms with van der Waals surface area (Å²) in [6.45, 7) is 11.1. The zero-order valence-electron chi connectivity index (χ0n) is 16.8. The number of hydrogen-bond acceptors (Lipinski definition) is 3. The second-order valence-corrected chi connectivity index (χ2v) is 7.46. The van der Waals surface area contributed by atoms with E-state index in [1.807, 2.05) is 32.9 Å². The average Bonchev–Trinajstić information content (AvgIpc) is 2.56. The minimum Gasteiger partial charge on any atom is -0.444 e. The van der Waals surface area contributed by atoms with Crippen molar-refractivity contribution < 1.29 is 9.53 Å². The van der Waals surface area contributed by atoms with E-state index < -0.39 is 5.60 Å². The second-order valence-electron chi connectivity index (χ2n) is 7.46. The smallest absolute Gasteiger partial charge is 0.407 e. The molecule has 0 saturated heterocycles. The van der Waals surface area contributed by atoms with Gasteiger partial charge in [0, 0.05) is 18.8 Å². The van der Waals surface area contributed by atoms with Crippen molar-refractivity contribution in [3.63, 3.8) is 0 Å². The highest BCUT2D eigenvalue weighted by atomic mass is 16.6. The van der Waals surface area contributed by atoms with Crippen LogP contribution < -0.4 is 16.4 Å². The summed E-state index contributed by atoms with van der Waals surface area (Å²) in [5, 5.41) is 5.83. The summed E-state index contributed by atoms with van der Waals surface area (Å²) < 4.78 is 5.17. The maximum atomic E-state index is 11.5. The van der Waals surface area contributed by atoms with E-state index in [-0.39, 0.29) is 6.09 Å². The summed E-state index contributed by atoms with van der Waals surface area (Å²) in [5.74, 6) is 0.964. The van der Waals surface area contributed by atoms with Crippen LogP contribution in [-0.2, 0) is 4.74 Å². The molecule has 0 aliphatic rings. The third-order valence-electron chi connectivity index (χ3n) is 3.90. The summed E-state index contributed by atoms with van der Waals surface area (Å²) in [7, 11) is 0. The number of anilines is 1. The molecule has 1 atom stereocenters. The molecule has 6 heteroatoms. The molecule has 1 amide bonds. The van der Waals surface area contributed by atoms with E-state index in [1.165, 1.54) is 5.56 Å². The molecule has 0 aromatic heterocycles. The molecule has 0 bridgehead atoms. The summed E-state index contributed by atoms with van der Waals surface area (Å²) in [6.07, 6.45) is 2.40. The third-order valence-corrected chi connectivity index (χ3v) is 3.90. The van der Waals surface area contributed by atoms with Gasteiger partial charge in [0.1, 0.15) is 5.60 Å². The molecule has 1 aromatic carbocycles. The number of nitrogens with two attached hydrogens (primary N) is 1. The van der Waals surface area contributed by atoms with E-state index in [0.717, 1.165) is 24.9 Å². The molecule has 0 saturated carbocycles. The number of carbonyl (C=O) groups excluding carboxylic acids is 1. The number of hydrogen-bond donors (Lipinski definition) is 3. The predicted octanol–water partition coefficient (Wildman–Crippen LogP) is 4.23. The Morgan fingerprint density at radius 3 is 2.46 bits per heavy atom. The molecule has 1 unspecified atom stereocenters. The van der Waals surface area contributed by atoms with Crippen LogP contribution in [0.25, 0.3) is 0 Å². The predicted molar refractivity (Wildman–Crippen MR) is 109 cm³/mol. The van der Waals surface area contributed by atoms with E-state index in [4.69, 9.17) is 10.5 Å². The maximum absolute atomic E-state index is 11.5. The Hall–Kier alpha value is -2.24. The van der Waals surface area contributed by atoms with Crippen molar-refractivity contribution in [2.75, 3.05) is 18.4 Å². The third kappa shape index (κ3) is 9.30. The molecule has 0 spiro atoms. The Bertz CT molecular complexity index is 576. The number of carbonyl (C=O) groups is 1. The standard InChI is InChI=1S/C20H34N4O2/c1-6-15(2)16-9-11-17(12-10-16)24-18(21)22-13-7-8-14-23-19(25)26-20(3,4)5/h9-12,15H,6-8,13-14H2,1-5H3,(H,23,25)(H3,21,22,24). The fraction of sp³-hybridized carbons (Fsp3) is 0.600. The van der Waals surface area contributed by atoms with Gasteiger partial charge >= 0.3 is 6.09 Å².